The quantitative estimate of drug-likeness (QED) is 0.836. The van der Waals surface area contributed by atoms with Crippen molar-refractivity contribution in [3.63, 3.8) is 0 Å². The van der Waals surface area contributed by atoms with Gasteiger partial charge in [0.2, 0.25) is 0 Å². The predicted molar refractivity (Wildman–Crippen MR) is 60.9 cm³/mol. The van der Waals surface area contributed by atoms with Gasteiger partial charge >= 0.3 is 11.7 Å². The van der Waals surface area contributed by atoms with Gasteiger partial charge in [0, 0.05) is 25.9 Å². The van der Waals surface area contributed by atoms with E-state index in [1.54, 1.807) is 4.57 Å². The lowest BCUT2D eigenvalue weighted by atomic mass is 10.2. The third-order valence-electron chi connectivity index (χ3n) is 3.04. The van der Waals surface area contributed by atoms with Crippen molar-refractivity contribution in [3.05, 3.63) is 16.3 Å². The second-order valence-corrected chi connectivity index (χ2v) is 4.38. The number of carboxylic acids is 1. The first kappa shape index (κ1) is 11.9. The molecular formula is C11H17N3O3. The van der Waals surface area contributed by atoms with Crippen LogP contribution in [0.5, 0.6) is 0 Å². The molecule has 0 amide bonds. The van der Waals surface area contributed by atoms with Crippen molar-refractivity contribution in [2.75, 3.05) is 0 Å². The van der Waals surface area contributed by atoms with Gasteiger partial charge in [-0.2, -0.15) is 5.10 Å². The van der Waals surface area contributed by atoms with Crippen LogP contribution in [0.4, 0.5) is 0 Å². The van der Waals surface area contributed by atoms with E-state index in [1.807, 2.05) is 0 Å². The lowest BCUT2D eigenvalue weighted by Gasteiger charge is -1.98. The molecule has 2 heterocycles. The average Bonchev–Trinajstić information content (AvgIpc) is 2.49. The first-order valence-electron chi connectivity index (χ1n) is 6.07. The van der Waals surface area contributed by atoms with Crippen molar-refractivity contribution in [1.29, 1.82) is 0 Å². The topological polar surface area (TPSA) is 77.1 Å². The van der Waals surface area contributed by atoms with Crippen LogP contribution in [0.15, 0.2) is 4.79 Å². The minimum absolute atomic E-state index is 0.0780. The standard InChI is InChI=1S/C11H17N3O3/c15-10(16)6-4-8-14-11(17)13-7-3-1-2-5-9(13)12-14/h1-8H2,(H,15,16). The van der Waals surface area contributed by atoms with Crippen LogP contribution in [0.1, 0.15) is 37.9 Å². The fraction of sp³-hybridized carbons (Fsp3) is 0.727. The number of rotatable bonds is 4. The van der Waals surface area contributed by atoms with E-state index >= 15 is 0 Å². The summed E-state index contributed by atoms with van der Waals surface area (Å²) < 4.78 is 3.14. The maximum Gasteiger partial charge on any atom is 0.345 e. The smallest absolute Gasteiger partial charge is 0.345 e. The molecule has 1 N–H and O–H groups in total. The van der Waals surface area contributed by atoms with Gasteiger partial charge in [0.15, 0.2) is 0 Å². The summed E-state index contributed by atoms with van der Waals surface area (Å²) in [5, 5.41) is 12.8. The van der Waals surface area contributed by atoms with Gasteiger partial charge in [0.1, 0.15) is 5.82 Å². The lowest BCUT2D eigenvalue weighted by Crippen LogP contribution is -2.25. The Morgan fingerprint density at radius 2 is 2.18 bits per heavy atom. The highest BCUT2D eigenvalue weighted by Gasteiger charge is 2.15. The summed E-state index contributed by atoms with van der Waals surface area (Å²) in [5.41, 5.74) is -0.0905. The van der Waals surface area contributed by atoms with E-state index in [0.717, 1.165) is 38.1 Å². The van der Waals surface area contributed by atoms with Crippen LogP contribution in [0.3, 0.4) is 0 Å². The van der Waals surface area contributed by atoms with E-state index in [-0.39, 0.29) is 12.1 Å². The zero-order chi connectivity index (χ0) is 12.3. The number of fused-ring (bicyclic) bond motifs is 1. The van der Waals surface area contributed by atoms with Crippen LogP contribution in [-0.2, 0) is 24.3 Å². The molecule has 0 spiro atoms. The summed E-state index contributed by atoms with van der Waals surface area (Å²) in [4.78, 5) is 22.4. The van der Waals surface area contributed by atoms with Crippen molar-refractivity contribution >= 4 is 5.97 Å². The molecule has 6 heteroatoms. The Morgan fingerprint density at radius 3 is 2.94 bits per heavy atom. The third kappa shape index (κ3) is 2.75. The lowest BCUT2D eigenvalue weighted by molar-refractivity contribution is -0.137. The number of hydrogen-bond acceptors (Lipinski definition) is 3. The van der Waals surface area contributed by atoms with Gasteiger partial charge in [-0.05, 0) is 19.3 Å². The van der Waals surface area contributed by atoms with Gasteiger partial charge in [-0.15, -0.1) is 0 Å². The molecular weight excluding hydrogens is 222 g/mol. The molecule has 6 nitrogen and oxygen atoms in total. The number of hydrogen-bond donors (Lipinski definition) is 1. The molecule has 0 saturated heterocycles. The Hall–Kier alpha value is -1.59. The summed E-state index contributed by atoms with van der Waals surface area (Å²) in [6, 6.07) is 0. The summed E-state index contributed by atoms with van der Waals surface area (Å²) in [5.74, 6) is 0.0154. The van der Waals surface area contributed by atoms with E-state index in [0.29, 0.717) is 13.0 Å². The van der Waals surface area contributed by atoms with Crippen LogP contribution in [0.25, 0.3) is 0 Å². The van der Waals surface area contributed by atoms with Crippen LogP contribution < -0.4 is 5.69 Å². The molecule has 0 aliphatic carbocycles. The number of aryl methyl sites for hydroxylation is 2. The fourth-order valence-corrected chi connectivity index (χ4v) is 2.15. The zero-order valence-electron chi connectivity index (χ0n) is 9.76. The van der Waals surface area contributed by atoms with Gasteiger partial charge in [-0.25, -0.2) is 9.48 Å². The number of nitrogens with zero attached hydrogens (tertiary/aromatic N) is 3. The first-order valence-corrected chi connectivity index (χ1v) is 6.07. The first-order chi connectivity index (χ1) is 8.18. The Balaban J connectivity index is 2.08. The molecule has 94 valence electrons. The van der Waals surface area contributed by atoms with E-state index in [9.17, 15) is 9.59 Å². The van der Waals surface area contributed by atoms with Gasteiger partial charge in [-0.1, -0.05) is 6.42 Å². The summed E-state index contributed by atoms with van der Waals surface area (Å²) >= 11 is 0. The predicted octanol–water partition coefficient (Wildman–Crippen LogP) is 0.636. The van der Waals surface area contributed by atoms with Gasteiger partial charge < -0.3 is 5.11 Å². The largest absolute Gasteiger partial charge is 0.481 e. The molecule has 1 aliphatic heterocycles. The van der Waals surface area contributed by atoms with Gasteiger partial charge in [-0.3, -0.25) is 9.36 Å². The molecule has 0 aromatic carbocycles. The normalized spacial score (nSPS) is 15.3. The highest BCUT2D eigenvalue weighted by molar-refractivity contribution is 5.66. The van der Waals surface area contributed by atoms with E-state index in [4.69, 9.17) is 5.11 Å². The van der Waals surface area contributed by atoms with E-state index < -0.39 is 5.97 Å². The Morgan fingerprint density at radius 1 is 1.35 bits per heavy atom. The molecule has 1 aliphatic rings. The average molecular weight is 239 g/mol. The van der Waals surface area contributed by atoms with Gasteiger partial charge in [0.05, 0.1) is 0 Å². The number of carbonyl (C=O) groups is 1. The SMILES string of the molecule is O=C(O)CCCn1nc2n(c1=O)CCCCC2. The van der Waals surface area contributed by atoms with Crippen molar-refractivity contribution in [1.82, 2.24) is 14.3 Å². The minimum atomic E-state index is -0.834. The van der Waals surface area contributed by atoms with Crippen LogP contribution in [0.2, 0.25) is 0 Å². The number of aliphatic carboxylic acids is 1. The molecule has 17 heavy (non-hydrogen) atoms. The Labute approximate surface area is 98.9 Å². The second-order valence-electron chi connectivity index (χ2n) is 4.38. The highest BCUT2D eigenvalue weighted by atomic mass is 16.4. The second kappa shape index (κ2) is 5.16. The summed E-state index contributed by atoms with van der Waals surface area (Å²) in [7, 11) is 0. The molecule has 0 saturated carbocycles. The zero-order valence-corrected chi connectivity index (χ0v) is 9.76. The maximum atomic E-state index is 12.0. The van der Waals surface area contributed by atoms with Crippen LogP contribution in [0, 0.1) is 0 Å². The number of aromatic nitrogens is 3. The Bertz CT molecular complexity index is 461. The van der Waals surface area contributed by atoms with Crippen molar-refractivity contribution in [3.8, 4) is 0 Å². The third-order valence-corrected chi connectivity index (χ3v) is 3.04. The highest BCUT2D eigenvalue weighted by Crippen LogP contribution is 2.10. The summed E-state index contributed by atoms with van der Waals surface area (Å²) in [6.45, 7) is 1.14. The maximum absolute atomic E-state index is 12.0. The molecule has 0 bridgehead atoms. The van der Waals surface area contributed by atoms with Crippen molar-refractivity contribution < 1.29 is 9.90 Å². The van der Waals surface area contributed by atoms with Crippen molar-refractivity contribution in [2.45, 2.75) is 51.6 Å². The summed E-state index contributed by atoms with van der Waals surface area (Å²) in [6.07, 6.45) is 4.61. The molecule has 0 atom stereocenters. The molecule has 0 radical (unpaired) electrons. The Kier molecular flexibility index (Phi) is 3.61. The molecule has 0 unspecified atom stereocenters. The van der Waals surface area contributed by atoms with Crippen LogP contribution >= 0.6 is 0 Å². The molecule has 1 aromatic rings. The van der Waals surface area contributed by atoms with Crippen LogP contribution in [-0.4, -0.2) is 25.4 Å². The van der Waals surface area contributed by atoms with E-state index in [2.05, 4.69) is 5.10 Å². The molecule has 2 rings (SSSR count). The molecule has 0 fully saturated rings. The van der Waals surface area contributed by atoms with E-state index in [1.165, 1.54) is 4.68 Å². The van der Waals surface area contributed by atoms with Crippen molar-refractivity contribution in [2.24, 2.45) is 0 Å². The minimum Gasteiger partial charge on any atom is -0.481 e. The number of carboxylic acid groups (broad SMARTS) is 1. The molecule has 1 aromatic heterocycles. The fourth-order valence-electron chi connectivity index (χ4n) is 2.15. The van der Waals surface area contributed by atoms with Gasteiger partial charge in [0.25, 0.3) is 0 Å². The monoisotopic (exact) mass is 239 g/mol.